The van der Waals surface area contributed by atoms with E-state index in [0.29, 0.717) is 22.9 Å². The van der Waals surface area contributed by atoms with Crippen LogP contribution in [0.2, 0.25) is 5.02 Å². The topological polar surface area (TPSA) is 33.5 Å². The fraction of sp³-hybridized carbons (Fsp3) is 0.105. The maximum absolute atomic E-state index is 13.0. The minimum atomic E-state index is -0.194. The van der Waals surface area contributed by atoms with Gasteiger partial charge in [0.1, 0.15) is 5.58 Å². The zero-order valence-electron chi connectivity index (χ0n) is 12.8. The van der Waals surface area contributed by atoms with E-state index in [4.69, 9.17) is 16.0 Å². The minimum absolute atomic E-state index is 0.194. The molecule has 3 aromatic rings. The number of fused-ring (bicyclic) bond motifs is 1. The van der Waals surface area contributed by atoms with Crippen LogP contribution < -0.4 is 4.90 Å². The average Bonchev–Trinajstić information content (AvgIpc) is 2.89. The lowest BCUT2D eigenvalue weighted by Crippen LogP contribution is -2.31. The minimum Gasteiger partial charge on any atom is -0.451 e. The van der Waals surface area contributed by atoms with Gasteiger partial charge in [-0.1, -0.05) is 35.9 Å². The third kappa shape index (κ3) is 2.88. The first-order valence-corrected chi connectivity index (χ1v) is 7.66. The molecule has 0 saturated heterocycles. The summed E-state index contributed by atoms with van der Waals surface area (Å²) in [6.45, 7) is 6.01. The molecule has 0 radical (unpaired) electrons. The predicted octanol–water partition coefficient (Wildman–Crippen LogP) is 5.23. The molecule has 0 saturated carbocycles. The fourth-order valence-electron chi connectivity index (χ4n) is 2.56. The first-order chi connectivity index (χ1) is 11.1. The van der Waals surface area contributed by atoms with Gasteiger partial charge in [-0.3, -0.25) is 4.79 Å². The number of aryl methyl sites for hydroxylation is 1. The summed E-state index contributed by atoms with van der Waals surface area (Å²) in [7, 11) is 0. The van der Waals surface area contributed by atoms with Crippen molar-refractivity contribution in [3.05, 3.63) is 77.5 Å². The number of nitrogens with zero attached hydrogens (tertiary/aromatic N) is 1. The van der Waals surface area contributed by atoms with Gasteiger partial charge < -0.3 is 9.32 Å². The number of halogens is 1. The van der Waals surface area contributed by atoms with Crippen molar-refractivity contribution in [3.8, 4) is 0 Å². The van der Waals surface area contributed by atoms with Gasteiger partial charge in [0, 0.05) is 28.2 Å². The first kappa shape index (κ1) is 15.4. The lowest BCUT2D eigenvalue weighted by Gasteiger charge is -2.20. The van der Waals surface area contributed by atoms with Crippen molar-refractivity contribution in [2.24, 2.45) is 0 Å². The van der Waals surface area contributed by atoms with Crippen LogP contribution in [0.5, 0.6) is 0 Å². The number of hydrogen-bond acceptors (Lipinski definition) is 2. The molecule has 0 fully saturated rings. The number of carbonyl (C=O) groups excluding carboxylic acids is 1. The summed E-state index contributed by atoms with van der Waals surface area (Å²) < 4.78 is 5.78. The van der Waals surface area contributed by atoms with Gasteiger partial charge in [0.25, 0.3) is 5.91 Å². The number of anilines is 1. The van der Waals surface area contributed by atoms with Crippen LogP contribution in [0.3, 0.4) is 0 Å². The van der Waals surface area contributed by atoms with Gasteiger partial charge in [-0.05, 0) is 37.3 Å². The van der Waals surface area contributed by atoms with Crippen molar-refractivity contribution in [2.45, 2.75) is 6.92 Å². The molecule has 0 spiro atoms. The molecule has 1 heterocycles. The second-order valence-corrected chi connectivity index (χ2v) is 5.67. The predicted molar refractivity (Wildman–Crippen MR) is 94.3 cm³/mol. The first-order valence-electron chi connectivity index (χ1n) is 7.28. The van der Waals surface area contributed by atoms with Gasteiger partial charge in [0.2, 0.25) is 0 Å². The largest absolute Gasteiger partial charge is 0.451 e. The van der Waals surface area contributed by atoms with Gasteiger partial charge >= 0.3 is 0 Å². The molecule has 4 heteroatoms. The standard InChI is InChI=1S/C19H16ClNO2/c1-3-11-21(15-7-5-4-6-8-15)19(22)18-13(2)16-12-14(20)9-10-17(16)23-18/h3-10,12H,1,11H2,2H3. The Hall–Kier alpha value is -2.52. The van der Waals surface area contributed by atoms with E-state index in [1.807, 2.05) is 43.3 Å². The van der Waals surface area contributed by atoms with E-state index < -0.39 is 0 Å². The van der Waals surface area contributed by atoms with Crippen LogP contribution in [0.25, 0.3) is 11.0 Å². The van der Waals surface area contributed by atoms with Crippen LogP contribution in [-0.4, -0.2) is 12.5 Å². The maximum Gasteiger partial charge on any atom is 0.294 e. The van der Waals surface area contributed by atoms with Crippen molar-refractivity contribution >= 4 is 34.2 Å². The van der Waals surface area contributed by atoms with Crippen LogP contribution in [0, 0.1) is 6.92 Å². The maximum atomic E-state index is 13.0. The summed E-state index contributed by atoms with van der Waals surface area (Å²) in [5, 5.41) is 1.47. The molecule has 1 amide bonds. The Kier molecular flexibility index (Phi) is 4.22. The molecule has 0 aliphatic heterocycles. The summed E-state index contributed by atoms with van der Waals surface area (Å²) in [6.07, 6.45) is 1.69. The second-order valence-electron chi connectivity index (χ2n) is 5.24. The summed E-state index contributed by atoms with van der Waals surface area (Å²) in [5.41, 5.74) is 2.25. The SMILES string of the molecule is C=CCN(C(=O)c1oc2ccc(Cl)cc2c1C)c1ccccc1. The smallest absolute Gasteiger partial charge is 0.294 e. The van der Waals surface area contributed by atoms with E-state index in [-0.39, 0.29) is 5.91 Å². The molecule has 1 aromatic heterocycles. The number of benzene rings is 2. The number of rotatable bonds is 4. The highest BCUT2D eigenvalue weighted by atomic mass is 35.5. The van der Waals surface area contributed by atoms with Gasteiger partial charge in [-0.25, -0.2) is 0 Å². The third-order valence-electron chi connectivity index (χ3n) is 3.72. The van der Waals surface area contributed by atoms with E-state index in [0.717, 1.165) is 16.6 Å². The Labute approximate surface area is 139 Å². The average molecular weight is 326 g/mol. The van der Waals surface area contributed by atoms with E-state index in [1.165, 1.54) is 0 Å². The molecular weight excluding hydrogens is 310 g/mol. The zero-order valence-corrected chi connectivity index (χ0v) is 13.5. The highest BCUT2D eigenvalue weighted by Gasteiger charge is 2.23. The molecule has 0 unspecified atom stereocenters. The fourth-order valence-corrected chi connectivity index (χ4v) is 2.73. The number of furan rings is 1. The normalized spacial score (nSPS) is 10.7. The van der Waals surface area contributed by atoms with Crippen LogP contribution in [0.15, 0.2) is 65.6 Å². The lowest BCUT2D eigenvalue weighted by molar-refractivity contribution is 0.0964. The Morgan fingerprint density at radius 2 is 2.00 bits per heavy atom. The third-order valence-corrected chi connectivity index (χ3v) is 3.95. The Morgan fingerprint density at radius 1 is 1.26 bits per heavy atom. The molecule has 3 rings (SSSR count). The summed E-state index contributed by atoms with van der Waals surface area (Å²) >= 11 is 6.04. The molecule has 23 heavy (non-hydrogen) atoms. The number of amides is 1. The van der Waals surface area contributed by atoms with E-state index in [2.05, 4.69) is 6.58 Å². The quantitative estimate of drug-likeness (QED) is 0.615. The van der Waals surface area contributed by atoms with Crippen molar-refractivity contribution in [2.75, 3.05) is 11.4 Å². The number of para-hydroxylation sites is 1. The lowest BCUT2D eigenvalue weighted by atomic mass is 10.1. The molecular formula is C19H16ClNO2. The monoisotopic (exact) mass is 325 g/mol. The Balaban J connectivity index is 2.07. The zero-order chi connectivity index (χ0) is 16.4. The van der Waals surface area contributed by atoms with Crippen LogP contribution in [0.1, 0.15) is 16.1 Å². The summed E-state index contributed by atoms with van der Waals surface area (Å²) in [4.78, 5) is 14.6. The van der Waals surface area contributed by atoms with Gasteiger partial charge in [0.15, 0.2) is 5.76 Å². The van der Waals surface area contributed by atoms with Gasteiger partial charge in [-0.2, -0.15) is 0 Å². The van der Waals surface area contributed by atoms with Crippen molar-refractivity contribution in [1.82, 2.24) is 0 Å². The highest BCUT2D eigenvalue weighted by Crippen LogP contribution is 2.29. The van der Waals surface area contributed by atoms with E-state index in [1.54, 1.807) is 23.1 Å². The molecule has 3 nitrogen and oxygen atoms in total. The second kappa shape index (κ2) is 6.31. The van der Waals surface area contributed by atoms with Crippen molar-refractivity contribution < 1.29 is 9.21 Å². The van der Waals surface area contributed by atoms with Gasteiger partial charge in [-0.15, -0.1) is 6.58 Å². The molecule has 2 aromatic carbocycles. The van der Waals surface area contributed by atoms with Crippen LogP contribution in [0.4, 0.5) is 5.69 Å². The summed E-state index contributed by atoms with van der Waals surface area (Å²) in [6, 6.07) is 14.8. The van der Waals surface area contributed by atoms with Gasteiger partial charge in [0.05, 0.1) is 0 Å². The van der Waals surface area contributed by atoms with Crippen molar-refractivity contribution in [1.29, 1.82) is 0 Å². The molecule has 0 aliphatic carbocycles. The molecule has 0 N–H and O–H groups in total. The van der Waals surface area contributed by atoms with Crippen molar-refractivity contribution in [3.63, 3.8) is 0 Å². The van der Waals surface area contributed by atoms with E-state index >= 15 is 0 Å². The molecule has 0 aliphatic rings. The molecule has 0 bridgehead atoms. The van der Waals surface area contributed by atoms with Crippen LogP contribution in [-0.2, 0) is 0 Å². The number of carbonyl (C=O) groups is 1. The summed E-state index contributed by atoms with van der Waals surface area (Å²) in [5.74, 6) is 0.133. The Morgan fingerprint density at radius 3 is 2.70 bits per heavy atom. The highest BCUT2D eigenvalue weighted by molar-refractivity contribution is 6.31. The molecule has 116 valence electrons. The number of hydrogen-bond donors (Lipinski definition) is 0. The molecule has 0 atom stereocenters. The van der Waals surface area contributed by atoms with E-state index in [9.17, 15) is 4.79 Å². The Bertz CT molecular complexity index is 868. The van der Waals surface area contributed by atoms with Crippen LogP contribution >= 0.6 is 11.6 Å².